The highest BCUT2D eigenvalue weighted by atomic mass is 35.5. The van der Waals surface area contributed by atoms with Gasteiger partial charge in [0.2, 0.25) is 0 Å². The second kappa shape index (κ2) is 7.69. The SMILES string of the molecule is Cc1ccc(NC(=O)c2ccccc2OC[C@@H]2CCCO2)cc1Cl. The highest BCUT2D eigenvalue weighted by Gasteiger charge is 2.18. The number of anilines is 1. The summed E-state index contributed by atoms with van der Waals surface area (Å²) in [6.45, 7) is 3.16. The van der Waals surface area contributed by atoms with Gasteiger partial charge in [-0.25, -0.2) is 0 Å². The van der Waals surface area contributed by atoms with Crippen LogP contribution in [0.15, 0.2) is 42.5 Å². The van der Waals surface area contributed by atoms with E-state index in [0.717, 1.165) is 25.0 Å². The van der Waals surface area contributed by atoms with E-state index in [1.165, 1.54) is 0 Å². The molecule has 0 aliphatic carbocycles. The van der Waals surface area contributed by atoms with E-state index in [2.05, 4.69) is 5.32 Å². The largest absolute Gasteiger partial charge is 0.490 e. The van der Waals surface area contributed by atoms with Gasteiger partial charge in [-0.15, -0.1) is 0 Å². The predicted octanol–water partition coefficient (Wildman–Crippen LogP) is 4.46. The first kappa shape index (κ1) is 16.8. The number of ether oxygens (including phenoxy) is 2. The number of hydrogen-bond donors (Lipinski definition) is 1. The molecular weight excluding hydrogens is 326 g/mol. The zero-order chi connectivity index (χ0) is 16.9. The highest BCUT2D eigenvalue weighted by molar-refractivity contribution is 6.31. The van der Waals surface area contributed by atoms with Crippen LogP contribution in [0.4, 0.5) is 5.69 Å². The van der Waals surface area contributed by atoms with E-state index < -0.39 is 0 Å². The highest BCUT2D eigenvalue weighted by Crippen LogP contribution is 2.24. The van der Waals surface area contributed by atoms with Crippen molar-refractivity contribution in [3.8, 4) is 5.75 Å². The summed E-state index contributed by atoms with van der Waals surface area (Å²) in [6, 6.07) is 12.7. The van der Waals surface area contributed by atoms with Gasteiger partial charge in [0.25, 0.3) is 5.91 Å². The van der Waals surface area contributed by atoms with Crippen molar-refractivity contribution in [3.05, 3.63) is 58.6 Å². The molecule has 1 amide bonds. The van der Waals surface area contributed by atoms with Gasteiger partial charge in [-0.2, -0.15) is 0 Å². The Morgan fingerprint density at radius 2 is 2.17 bits per heavy atom. The molecule has 2 aromatic rings. The van der Waals surface area contributed by atoms with Crippen molar-refractivity contribution in [2.45, 2.75) is 25.9 Å². The molecule has 0 saturated carbocycles. The van der Waals surface area contributed by atoms with E-state index >= 15 is 0 Å². The second-order valence-electron chi connectivity index (χ2n) is 5.86. The van der Waals surface area contributed by atoms with Gasteiger partial charge in [-0.3, -0.25) is 4.79 Å². The van der Waals surface area contributed by atoms with Crippen molar-refractivity contribution in [3.63, 3.8) is 0 Å². The zero-order valence-electron chi connectivity index (χ0n) is 13.5. The van der Waals surface area contributed by atoms with Crippen molar-refractivity contribution in [1.82, 2.24) is 0 Å². The first-order valence-corrected chi connectivity index (χ1v) is 8.42. The fraction of sp³-hybridized carbons (Fsp3) is 0.316. The number of benzene rings is 2. The Hall–Kier alpha value is -2.04. The van der Waals surface area contributed by atoms with Crippen LogP contribution in [0, 0.1) is 6.92 Å². The van der Waals surface area contributed by atoms with Crippen LogP contribution in [0.3, 0.4) is 0 Å². The topological polar surface area (TPSA) is 47.6 Å². The van der Waals surface area contributed by atoms with Crippen molar-refractivity contribution in [2.75, 3.05) is 18.5 Å². The van der Waals surface area contributed by atoms with E-state index in [-0.39, 0.29) is 12.0 Å². The molecule has 1 N–H and O–H groups in total. The van der Waals surface area contributed by atoms with Gasteiger partial charge in [-0.1, -0.05) is 29.8 Å². The monoisotopic (exact) mass is 345 g/mol. The molecule has 4 nitrogen and oxygen atoms in total. The van der Waals surface area contributed by atoms with Gasteiger partial charge in [0.05, 0.1) is 11.7 Å². The smallest absolute Gasteiger partial charge is 0.259 e. The minimum absolute atomic E-state index is 0.108. The summed E-state index contributed by atoms with van der Waals surface area (Å²) in [5, 5.41) is 3.48. The molecule has 2 aromatic carbocycles. The van der Waals surface area contributed by atoms with Crippen LogP contribution in [0.5, 0.6) is 5.75 Å². The average Bonchev–Trinajstić information content (AvgIpc) is 3.10. The lowest BCUT2D eigenvalue weighted by Crippen LogP contribution is -2.19. The zero-order valence-corrected chi connectivity index (χ0v) is 14.3. The van der Waals surface area contributed by atoms with Crippen molar-refractivity contribution < 1.29 is 14.3 Å². The normalized spacial score (nSPS) is 16.8. The fourth-order valence-corrected chi connectivity index (χ4v) is 2.79. The fourth-order valence-electron chi connectivity index (χ4n) is 2.61. The minimum atomic E-state index is -0.224. The Morgan fingerprint density at radius 3 is 2.92 bits per heavy atom. The van der Waals surface area contributed by atoms with Crippen LogP contribution in [0.25, 0.3) is 0 Å². The van der Waals surface area contributed by atoms with Gasteiger partial charge >= 0.3 is 0 Å². The summed E-state index contributed by atoms with van der Waals surface area (Å²) in [6.07, 6.45) is 2.16. The molecule has 0 spiro atoms. The molecule has 5 heteroatoms. The number of carbonyl (C=O) groups excluding carboxylic acids is 1. The van der Waals surface area contributed by atoms with E-state index in [0.29, 0.717) is 28.6 Å². The second-order valence-corrected chi connectivity index (χ2v) is 6.27. The molecule has 0 unspecified atom stereocenters. The van der Waals surface area contributed by atoms with Gasteiger partial charge in [0.15, 0.2) is 0 Å². The summed E-state index contributed by atoms with van der Waals surface area (Å²) in [5.41, 5.74) is 2.12. The Labute approximate surface area is 146 Å². The Kier molecular flexibility index (Phi) is 5.38. The molecule has 24 heavy (non-hydrogen) atoms. The van der Waals surface area contributed by atoms with E-state index in [4.69, 9.17) is 21.1 Å². The lowest BCUT2D eigenvalue weighted by atomic mass is 10.1. The number of aryl methyl sites for hydroxylation is 1. The van der Waals surface area contributed by atoms with Crippen LogP contribution >= 0.6 is 11.6 Å². The lowest BCUT2D eigenvalue weighted by molar-refractivity contribution is 0.0673. The molecule has 126 valence electrons. The number of halogens is 1. The third-order valence-corrected chi connectivity index (χ3v) is 4.42. The van der Waals surface area contributed by atoms with E-state index in [1.807, 2.05) is 31.2 Å². The van der Waals surface area contributed by atoms with Crippen molar-refractivity contribution >= 4 is 23.2 Å². The first-order valence-electron chi connectivity index (χ1n) is 8.04. The summed E-state index contributed by atoms with van der Waals surface area (Å²) in [4.78, 5) is 12.6. The maximum absolute atomic E-state index is 12.6. The molecule has 1 heterocycles. The number of amides is 1. The van der Waals surface area contributed by atoms with E-state index in [1.54, 1.807) is 18.2 Å². The molecule has 1 fully saturated rings. The van der Waals surface area contributed by atoms with Gasteiger partial charge in [-0.05, 0) is 49.6 Å². The lowest BCUT2D eigenvalue weighted by Gasteiger charge is -2.14. The Balaban J connectivity index is 1.70. The third-order valence-electron chi connectivity index (χ3n) is 4.01. The van der Waals surface area contributed by atoms with Gasteiger partial charge < -0.3 is 14.8 Å². The molecule has 0 aromatic heterocycles. The number of hydrogen-bond acceptors (Lipinski definition) is 3. The van der Waals surface area contributed by atoms with Gasteiger partial charge in [0, 0.05) is 17.3 Å². The molecule has 1 aliphatic heterocycles. The van der Waals surface area contributed by atoms with Crippen molar-refractivity contribution in [2.24, 2.45) is 0 Å². The molecule has 1 aliphatic rings. The maximum atomic E-state index is 12.6. The summed E-state index contributed by atoms with van der Waals surface area (Å²) in [7, 11) is 0. The molecular formula is C19H20ClNO3. The number of carbonyl (C=O) groups is 1. The number of para-hydroxylation sites is 1. The minimum Gasteiger partial charge on any atom is -0.490 e. The van der Waals surface area contributed by atoms with Gasteiger partial charge in [0.1, 0.15) is 12.4 Å². The van der Waals surface area contributed by atoms with Crippen LogP contribution in [-0.2, 0) is 4.74 Å². The third kappa shape index (κ3) is 4.08. The van der Waals surface area contributed by atoms with Crippen molar-refractivity contribution in [1.29, 1.82) is 0 Å². The molecule has 3 rings (SSSR count). The van der Waals surface area contributed by atoms with Crippen LogP contribution in [0.2, 0.25) is 5.02 Å². The molecule has 1 atom stereocenters. The number of nitrogens with one attached hydrogen (secondary N) is 1. The predicted molar refractivity (Wildman–Crippen MR) is 95.1 cm³/mol. The standard InChI is InChI=1S/C19H20ClNO3/c1-13-8-9-14(11-17(13)20)21-19(22)16-6-2-3-7-18(16)24-12-15-5-4-10-23-15/h2-3,6-9,11,15H,4-5,10,12H2,1H3,(H,21,22)/t15-/m0/s1. The Morgan fingerprint density at radius 1 is 1.33 bits per heavy atom. The van der Waals surface area contributed by atoms with E-state index in [9.17, 15) is 4.79 Å². The van der Waals surface area contributed by atoms with Crippen LogP contribution in [0.1, 0.15) is 28.8 Å². The maximum Gasteiger partial charge on any atom is 0.259 e. The number of rotatable bonds is 5. The summed E-state index contributed by atoms with van der Waals surface area (Å²) >= 11 is 6.11. The molecule has 0 bridgehead atoms. The molecule has 0 radical (unpaired) electrons. The van der Waals surface area contributed by atoms with Crippen LogP contribution in [-0.4, -0.2) is 25.2 Å². The van der Waals surface area contributed by atoms with Crippen LogP contribution < -0.4 is 10.1 Å². The summed E-state index contributed by atoms with van der Waals surface area (Å²) < 4.78 is 11.4. The quantitative estimate of drug-likeness (QED) is 0.870. The summed E-state index contributed by atoms with van der Waals surface area (Å²) in [5.74, 6) is 0.335. The average molecular weight is 346 g/mol. The molecule has 1 saturated heterocycles. The first-order chi connectivity index (χ1) is 11.6. The Bertz CT molecular complexity index is 726.